The van der Waals surface area contributed by atoms with Gasteiger partial charge in [-0.3, -0.25) is 4.79 Å². The number of rotatable bonds is 0. The monoisotopic (exact) mass is 164 g/mol. The lowest BCUT2D eigenvalue weighted by atomic mass is 9.71. The van der Waals surface area contributed by atoms with Crippen molar-refractivity contribution in [1.82, 2.24) is 0 Å². The summed E-state index contributed by atoms with van der Waals surface area (Å²) in [4.78, 5) is 11.9. The van der Waals surface area contributed by atoms with E-state index in [4.69, 9.17) is 0 Å². The van der Waals surface area contributed by atoms with E-state index in [9.17, 15) is 4.79 Å². The van der Waals surface area contributed by atoms with Crippen molar-refractivity contribution in [3.8, 4) is 0 Å². The summed E-state index contributed by atoms with van der Waals surface area (Å²) in [7, 11) is 0. The highest BCUT2D eigenvalue weighted by atomic mass is 16.1. The van der Waals surface area contributed by atoms with E-state index in [1.54, 1.807) is 0 Å². The third-order valence-corrected chi connectivity index (χ3v) is 4.42. The molecule has 1 heteroatoms. The summed E-state index contributed by atoms with van der Waals surface area (Å²) in [5, 5.41) is 0. The summed E-state index contributed by atoms with van der Waals surface area (Å²) in [6.07, 6.45) is 7.81. The molecule has 0 aromatic heterocycles. The van der Waals surface area contributed by atoms with Crippen molar-refractivity contribution in [1.29, 1.82) is 0 Å². The number of carbonyl (C=O) groups is 1. The summed E-state index contributed by atoms with van der Waals surface area (Å²) < 4.78 is 0. The maximum absolute atomic E-state index is 11.9. The minimum atomic E-state index is 0.510. The topological polar surface area (TPSA) is 17.1 Å². The molecule has 3 aliphatic carbocycles. The van der Waals surface area contributed by atoms with Crippen LogP contribution in [0.3, 0.4) is 0 Å². The van der Waals surface area contributed by atoms with Gasteiger partial charge in [0.25, 0.3) is 0 Å². The molecule has 0 aromatic carbocycles. The van der Waals surface area contributed by atoms with Gasteiger partial charge < -0.3 is 0 Å². The third-order valence-electron chi connectivity index (χ3n) is 4.42. The number of ketones is 1. The van der Waals surface area contributed by atoms with E-state index in [1.165, 1.54) is 38.5 Å². The van der Waals surface area contributed by atoms with Crippen LogP contribution in [-0.4, -0.2) is 5.78 Å². The number of Topliss-reactive ketones (excluding diaryl/α,β-unsaturated/α-hetero) is 1. The van der Waals surface area contributed by atoms with Crippen molar-refractivity contribution < 1.29 is 4.79 Å². The Morgan fingerprint density at radius 2 is 1.33 bits per heavy atom. The second kappa shape index (κ2) is 2.34. The highest BCUT2D eigenvalue weighted by molar-refractivity contribution is 5.87. The lowest BCUT2D eigenvalue weighted by Gasteiger charge is -2.33. The fourth-order valence-corrected chi connectivity index (χ4v) is 3.98. The van der Waals surface area contributed by atoms with Crippen molar-refractivity contribution in [2.24, 2.45) is 23.7 Å². The molecule has 3 fully saturated rings. The third kappa shape index (κ3) is 0.725. The van der Waals surface area contributed by atoms with Crippen molar-refractivity contribution in [3.05, 3.63) is 0 Å². The molecule has 0 radical (unpaired) electrons. The highest BCUT2D eigenvalue weighted by Crippen LogP contribution is 2.54. The predicted octanol–water partition coefficient (Wildman–Crippen LogP) is 2.40. The lowest BCUT2D eigenvalue weighted by molar-refractivity contribution is -0.124. The van der Waals surface area contributed by atoms with Crippen LogP contribution in [0, 0.1) is 23.7 Å². The van der Waals surface area contributed by atoms with Gasteiger partial charge in [-0.25, -0.2) is 0 Å². The van der Waals surface area contributed by atoms with Crippen molar-refractivity contribution >= 4 is 5.78 Å². The van der Waals surface area contributed by atoms with Crippen LogP contribution < -0.4 is 0 Å². The van der Waals surface area contributed by atoms with Crippen LogP contribution in [0.1, 0.15) is 38.5 Å². The highest BCUT2D eigenvalue weighted by Gasteiger charge is 2.52. The summed E-state index contributed by atoms with van der Waals surface area (Å²) in [5.74, 6) is 3.32. The van der Waals surface area contributed by atoms with Gasteiger partial charge in [0.15, 0.2) is 0 Å². The predicted molar refractivity (Wildman–Crippen MR) is 46.7 cm³/mol. The maximum Gasteiger partial charge on any atom is 0.139 e. The first kappa shape index (κ1) is 7.11. The van der Waals surface area contributed by atoms with Gasteiger partial charge in [-0.2, -0.15) is 0 Å². The first-order valence-electron chi connectivity index (χ1n) is 5.41. The Morgan fingerprint density at radius 3 is 1.83 bits per heavy atom. The molecule has 3 aliphatic rings. The number of carbonyl (C=O) groups excluding carboxylic acids is 1. The van der Waals surface area contributed by atoms with Crippen LogP contribution in [0.25, 0.3) is 0 Å². The zero-order valence-electron chi connectivity index (χ0n) is 7.46. The molecule has 0 saturated heterocycles. The zero-order valence-corrected chi connectivity index (χ0v) is 7.46. The fraction of sp³-hybridized carbons (Fsp3) is 0.909. The molecule has 0 aromatic rings. The van der Waals surface area contributed by atoms with Crippen LogP contribution in [0.2, 0.25) is 0 Å². The molecule has 4 atom stereocenters. The normalized spacial score (nSPS) is 51.2. The number of hydrogen-bond donors (Lipinski definition) is 0. The molecule has 0 N–H and O–H groups in total. The Bertz CT molecular complexity index is 199. The second-order valence-electron chi connectivity index (χ2n) is 4.80. The van der Waals surface area contributed by atoms with Crippen LogP contribution in [0.4, 0.5) is 0 Å². The summed E-state index contributed by atoms with van der Waals surface area (Å²) >= 11 is 0. The minimum absolute atomic E-state index is 0.510. The SMILES string of the molecule is O=C1[C@@H]2CCC[C@H]3[C@@H]2CCC[C@@H]13. The van der Waals surface area contributed by atoms with E-state index in [0.717, 1.165) is 11.8 Å². The van der Waals surface area contributed by atoms with Gasteiger partial charge in [0, 0.05) is 11.8 Å². The Hall–Kier alpha value is -0.330. The second-order valence-corrected chi connectivity index (χ2v) is 4.80. The van der Waals surface area contributed by atoms with Gasteiger partial charge in [-0.05, 0) is 37.5 Å². The van der Waals surface area contributed by atoms with E-state index >= 15 is 0 Å². The Kier molecular flexibility index (Phi) is 1.38. The van der Waals surface area contributed by atoms with Crippen molar-refractivity contribution in [3.63, 3.8) is 0 Å². The largest absolute Gasteiger partial charge is 0.299 e. The van der Waals surface area contributed by atoms with Gasteiger partial charge >= 0.3 is 0 Å². The average molecular weight is 164 g/mol. The molecule has 66 valence electrons. The van der Waals surface area contributed by atoms with Gasteiger partial charge in [0.05, 0.1) is 0 Å². The smallest absolute Gasteiger partial charge is 0.139 e. The number of hydrogen-bond acceptors (Lipinski definition) is 1. The molecule has 0 spiro atoms. The van der Waals surface area contributed by atoms with Crippen molar-refractivity contribution in [2.45, 2.75) is 38.5 Å². The lowest BCUT2D eigenvalue weighted by Crippen LogP contribution is -2.25. The van der Waals surface area contributed by atoms with Gasteiger partial charge in [0.1, 0.15) is 5.78 Å². The van der Waals surface area contributed by atoms with E-state index in [1.807, 2.05) is 0 Å². The molecule has 0 amide bonds. The molecular weight excluding hydrogens is 148 g/mol. The summed E-state index contributed by atoms with van der Waals surface area (Å²) in [5.41, 5.74) is 0. The van der Waals surface area contributed by atoms with Crippen LogP contribution in [-0.2, 0) is 4.79 Å². The minimum Gasteiger partial charge on any atom is -0.299 e. The molecule has 12 heavy (non-hydrogen) atoms. The van der Waals surface area contributed by atoms with Crippen LogP contribution in [0.15, 0.2) is 0 Å². The average Bonchev–Trinajstić information content (AvgIpc) is 2.33. The maximum atomic E-state index is 11.9. The standard InChI is InChI=1S/C11H16O/c12-11-9-5-1-3-7-8(9)4-2-6-10(7)11/h7-10H,1-6H2/t7-,8-,9+,10+/m0/s1. The van der Waals surface area contributed by atoms with E-state index in [0.29, 0.717) is 17.6 Å². The summed E-state index contributed by atoms with van der Waals surface area (Å²) in [6.45, 7) is 0. The van der Waals surface area contributed by atoms with Gasteiger partial charge in [-0.15, -0.1) is 0 Å². The first-order valence-corrected chi connectivity index (χ1v) is 5.41. The molecular formula is C11H16O. The fourth-order valence-electron chi connectivity index (χ4n) is 3.98. The molecule has 0 heterocycles. The van der Waals surface area contributed by atoms with Crippen molar-refractivity contribution in [2.75, 3.05) is 0 Å². The molecule has 1 nitrogen and oxygen atoms in total. The quantitative estimate of drug-likeness (QED) is 0.537. The molecule has 3 saturated carbocycles. The van der Waals surface area contributed by atoms with E-state index in [2.05, 4.69) is 0 Å². The first-order chi connectivity index (χ1) is 5.88. The Morgan fingerprint density at radius 1 is 0.833 bits per heavy atom. The summed E-state index contributed by atoms with van der Waals surface area (Å²) in [6, 6.07) is 0. The van der Waals surface area contributed by atoms with Gasteiger partial charge in [0.2, 0.25) is 0 Å². The molecule has 4 bridgehead atoms. The van der Waals surface area contributed by atoms with E-state index in [-0.39, 0.29) is 0 Å². The molecule has 0 unspecified atom stereocenters. The Balaban J connectivity index is 2.00. The Labute approximate surface area is 73.5 Å². The van der Waals surface area contributed by atoms with Crippen LogP contribution in [0.5, 0.6) is 0 Å². The van der Waals surface area contributed by atoms with Crippen LogP contribution >= 0.6 is 0 Å². The molecule has 0 aliphatic heterocycles. The molecule has 3 rings (SSSR count). The van der Waals surface area contributed by atoms with E-state index < -0.39 is 0 Å². The van der Waals surface area contributed by atoms with Gasteiger partial charge in [-0.1, -0.05) is 12.8 Å². The zero-order chi connectivity index (χ0) is 8.13.